The molecule has 0 bridgehead atoms. The number of hydrogen-bond donors (Lipinski definition) is 0. The molecule has 0 N–H and O–H groups in total. The molecule has 2 heterocycles. The fourth-order valence-electron chi connectivity index (χ4n) is 4.07. The van der Waals surface area contributed by atoms with Gasteiger partial charge in [0.2, 0.25) is 5.91 Å². The molecule has 0 atom stereocenters. The highest BCUT2D eigenvalue weighted by molar-refractivity contribution is 5.79. The number of halogens is 3. The molecule has 0 saturated carbocycles. The van der Waals surface area contributed by atoms with Gasteiger partial charge >= 0.3 is 6.18 Å². The number of carbonyl (C=O) groups is 1. The van der Waals surface area contributed by atoms with Crippen LogP contribution in [0.25, 0.3) is 0 Å². The summed E-state index contributed by atoms with van der Waals surface area (Å²) in [5.74, 6) is 0.548. The molecule has 1 aromatic carbocycles. The number of nitrogens with zero attached hydrogens (tertiary/aromatic N) is 2. The molecule has 2 saturated heterocycles. The van der Waals surface area contributed by atoms with Gasteiger partial charge in [-0.3, -0.25) is 9.69 Å². The van der Waals surface area contributed by atoms with Crippen molar-refractivity contribution in [3.8, 4) is 5.75 Å². The number of amides is 1. The molecular formula is C20H27F3N2O4. The number of ether oxygens (including phenoxy) is 3. The van der Waals surface area contributed by atoms with Crippen LogP contribution in [0.2, 0.25) is 0 Å². The summed E-state index contributed by atoms with van der Waals surface area (Å²) < 4.78 is 52.6. The Hall–Kier alpha value is -1.84. The van der Waals surface area contributed by atoms with Crippen LogP contribution < -0.4 is 4.74 Å². The Morgan fingerprint density at radius 3 is 2.62 bits per heavy atom. The Morgan fingerprint density at radius 2 is 1.97 bits per heavy atom. The van der Waals surface area contributed by atoms with Crippen LogP contribution in [-0.2, 0) is 27.4 Å². The van der Waals surface area contributed by atoms with E-state index in [1.54, 1.807) is 12.1 Å². The summed E-state index contributed by atoms with van der Waals surface area (Å²) in [7, 11) is 3.32. The summed E-state index contributed by atoms with van der Waals surface area (Å²) in [5, 5.41) is 0. The van der Waals surface area contributed by atoms with E-state index < -0.39 is 12.8 Å². The maximum absolute atomic E-state index is 12.6. The molecule has 162 valence electrons. The zero-order valence-corrected chi connectivity index (χ0v) is 16.8. The minimum Gasteiger partial charge on any atom is -0.496 e. The summed E-state index contributed by atoms with van der Waals surface area (Å²) in [6.07, 6.45) is -2.78. The van der Waals surface area contributed by atoms with Crippen molar-refractivity contribution in [2.75, 3.05) is 47.1 Å². The smallest absolute Gasteiger partial charge is 0.411 e. The minimum absolute atomic E-state index is 0.0698. The SMILES string of the molecule is COc1ccc(CN2CC(=O)N(C)C3(CCOCC3)C2)cc1COCC(F)(F)F. The van der Waals surface area contributed by atoms with Gasteiger partial charge in [-0.05, 0) is 30.5 Å². The van der Waals surface area contributed by atoms with Crippen molar-refractivity contribution in [2.24, 2.45) is 0 Å². The van der Waals surface area contributed by atoms with Crippen molar-refractivity contribution in [1.29, 1.82) is 0 Å². The van der Waals surface area contributed by atoms with Gasteiger partial charge in [0.1, 0.15) is 12.4 Å². The third-order valence-electron chi connectivity index (χ3n) is 5.66. The Balaban J connectivity index is 1.70. The predicted molar refractivity (Wildman–Crippen MR) is 99.5 cm³/mol. The zero-order chi connectivity index (χ0) is 21.1. The maximum Gasteiger partial charge on any atom is 0.411 e. The van der Waals surface area contributed by atoms with E-state index in [0.717, 1.165) is 24.9 Å². The lowest BCUT2D eigenvalue weighted by molar-refractivity contribution is -0.176. The number of methoxy groups -OCH3 is 1. The van der Waals surface area contributed by atoms with E-state index >= 15 is 0 Å². The topological polar surface area (TPSA) is 51.2 Å². The van der Waals surface area contributed by atoms with E-state index in [-0.39, 0.29) is 18.1 Å². The first-order valence-corrected chi connectivity index (χ1v) is 9.59. The van der Waals surface area contributed by atoms with Gasteiger partial charge < -0.3 is 19.1 Å². The van der Waals surface area contributed by atoms with Gasteiger partial charge in [-0.15, -0.1) is 0 Å². The molecule has 3 rings (SSSR count). The second kappa shape index (κ2) is 8.89. The number of likely N-dealkylation sites (N-methyl/N-ethyl adjacent to an activating group) is 1. The Bertz CT molecular complexity index is 720. The molecule has 6 nitrogen and oxygen atoms in total. The highest BCUT2D eigenvalue weighted by Crippen LogP contribution is 2.32. The molecule has 0 unspecified atom stereocenters. The van der Waals surface area contributed by atoms with E-state index in [9.17, 15) is 18.0 Å². The van der Waals surface area contributed by atoms with E-state index in [1.807, 2.05) is 18.0 Å². The number of carbonyl (C=O) groups excluding carboxylic acids is 1. The predicted octanol–water partition coefficient (Wildman–Crippen LogP) is 2.60. The number of hydrogen-bond acceptors (Lipinski definition) is 5. The molecule has 9 heteroatoms. The van der Waals surface area contributed by atoms with Gasteiger partial charge in [-0.25, -0.2) is 0 Å². The van der Waals surface area contributed by atoms with Crippen molar-refractivity contribution in [3.63, 3.8) is 0 Å². The van der Waals surface area contributed by atoms with E-state index in [2.05, 4.69) is 4.90 Å². The van der Waals surface area contributed by atoms with E-state index in [4.69, 9.17) is 14.2 Å². The molecule has 1 amide bonds. The van der Waals surface area contributed by atoms with Crippen LogP contribution in [-0.4, -0.2) is 74.5 Å². The van der Waals surface area contributed by atoms with Crippen molar-refractivity contribution >= 4 is 5.91 Å². The first-order valence-electron chi connectivity index (χ1n) is 9.59. The van der Waals surface area contributed by atoms with Crippen LogP contribution in [0.5, 0.6) is 5.75 Å². The van der Waals surface area contributed by atoms with Gasteiger partial charge in [0, 0.05) is 38.9 Å². The van der Waals surface area contributed by atoms with Crippen LogP contribution in [0.3, 0.4) is 0 Å². The van der Waals surface area contributed by atoms with E-state index in [1.165, 1.54) is 7.11 Å². The molecule has 29 heavy (non-hydrogen) atoms. The first-order chi connectivity index (χ1) is 13.7. The van der Waals surface area contributed by atoms with Gasteiger partial charge in [0.05, 0.1) is 25.8 Å². The number of alkyl halides is 3. The lowest BCUT2D eigenvalue weighted by atomic mass is 9.85. The lowest BCUT2D eigenvalue weighted by Gasteiger charge is -2.51. The van der Waals surface area contributed by atoms with Crippen LogP contribution in [0, 0.1) is 0 Å². The zero-order valence-electron chi connectivity index (χ0n) is 16.8. The second-order valence-electron chi connectivity index (χ2n) is 7.69. The molecule has 0 aromatic heterocycles. The van der Waals surface area contributed by atoms with Crippen molar-refractivity contribution in [3.05, 3.63) is 29.3 Å². The van der Waals surface area contributed by atoms with Crippen molar-refractivity contribution < 1.29 is 32.2 Å². The third-order valence-corrected chi connectivity index (χ3v) is 5.66. The summed E-state index contributed by atoms with van der Waals surface area (Å²) >= 11 is 0. The van der Waals surface area contributed by atoms with E-state index in [0.29, 0.717) is 37.6 Å². The first kappa shape index (κ1) is 21.9. The minimum atomic E-state index is -4.37. The standard InChI is InChI=1S/C20H27F3N2O4/c1-24-18(26)11-25(13-19(24)5-7-28-8-6-19)10-15-3-4-17(27-2)16(9-15)12-29-14-20(21,22)23/h3-4,9H,5-8,10-14H2,1-2H3. The van der Waals surface area contributed by atoms with Crippen LogP contribution in [0.1, 0.15) is 24.0 Å². The van der Waals surface area contributed by atoms with Gasteiger partial charge in [-0.1, -0.05) is 6.07 Å². The normalized spacial score (nSPS) is 20.3. The highest BCUT2D eigenvalue weighted by atomic mass is 19.4. The molecule has 2 aliphatic heterocycles. The Kier molecular flexibility index (Phi) is 6.70. The third kappa shape index (κ3) is 5.40. The molecular weight excluding hydrogens is 389 g/mol. The average Bonchev–Trinajstić information content (AvgIpc) is 2.66. The van der Waals surface area contributed by atoms with Crippen LogP contribution in [0.15, 0.2) is 18.2 Å². The highest BCUT2D eigenvalue weighted by Gasteiger charge is 2.44. The average molecular weight is 416 g/mol. The molecule has 1 spiro atoms. The van der Waals surface area contributed by atoms with Crippen molar-refractivity contribution in [1.82, 2.24) is 9.80 Å². The Morgan fingerprint density at radius 1 is 1.24 bits per heavy atom. The summed E-state index contributed by atoms with van der Waals surface area (Å²) in [4.78, 5) is 16.5. The molecule has 2 fully saturated rings. The van der Waals surface area contributed by atoms with Crippen LogP contribution >= 0.6 is 0 Å². The summed E-state index contributed by atoms with van der Waals surface area (Å²) in [5.41, 5.74) is 1.23. The lowest BCUT2D eigenvalue weighted by Crippen LogP contribution is -2.64. The molecule has 1 aromatic rings. The van der Waals surface area contributed by atoms with Crippen LogP contribution in [0.4, 0.5) is 13.2 Å². The fraction of sp³-hybridized carbons (Fsp3) is 0.650. The molecule has 0 aliphatic carbocycles. The van der Waals surface area contributed by atoms with Gasteiger partial charge in [0.25, 0.3) is 0 Å². The number of benzene rings is 1. The van der Waals surface area contributed by atoms with Gasteiger partial charge in [-0.2, -0.15) is 13.2 Å². The number of piperazine rings is 1. The summed E-state index contributed by atoms with van der Waals surface area (Å²) in [6.45, 7) is 1.34. The largest absolute Gasteiger partial charge is 0.496 e. The van der Waals surface area contributed by atoms with Crippen molar-refractivity contribution in [2.45, 2.75) is 37.7 Å². The monoisotopic (exact) mass is 416 g/mol. The summed E-state index contributed by atoms with van der Waals surface area (Å²) in [6, 6.07) is 5.38. The quantitative estimate of drug-likeness (QED) is 0.714. The maximum atomic E-state index is 12.6. The number of rotatable bonds is 6. The second-order valence-corrected chi connectivity index (χ2v) is 7.69. The molecule has 0 radical (unpaired) electrons. The fourth-order valence-corrected chi connectivity index (χ4v) is 4.07. The Labute approximate surface area is 168 Å². The van der Waals surface area contributed by atoms with Gasteiger partial charge in [0.15, 0.2) is 0 Å². The molecule has 2 aliphatic rings.